The highest BCUT2D eigenvalue weighted by molar-refractivity contribution is 7.08. The summed E-state index contributed by atoms with van der Waals surface area (Å²) in [6.07, 6.45) is 4.70. The molecule has 0 saturated carbocycles. The highest BCUT2D eigenvalue weighted by Crippen LogP contribution is 2.26. The number of allylic oxidation sites excluding steroid dienone is 1. The van der Waals surface area contributed by atoms with Crippen LogP contribution in [0.4, 0.5) is 0 Å². The van der Waals surface area contributed by atoms with Crippen LogP contribution in [-0.2, 0) is 4.79 Å². The number of Topliss-reactive ketones (excluding diaryl/α,β-unsaturated/α-hetero) is 1. The molecule has 3 nitrogen and oxygen atoms in total. The molecule has 1 heterocycles. The van der Waals surface area contributed by atoms with E-state index in [9.17, 15) is 9.90 Å². The third-order valence-corrected chi connectivity index (χ3v) is 5.62. The first kappa shape index (κ1) is 25.1. The molecule has 0 radical (unpaired) electrons. The van der Waals surface area contributed by atoms with Crippen molar-refractivity contribution >= 4 is 17.1 Å². The Hall–Kier alpha value is -2.19. The lowest BCUT2D eigenvalue weighted by atomic mass is 9.98. The van der Waals surface area contributed by atoms with E-state index in [0.717, 1.165) is 42.7 Å². The van der Waals surface area contributed by atoms with Crippen LogP contribution in [0.1, 0.15) is 58.6 Å². The summed E-state index contributed by atoms with van der Waals surface area (Å²) in [7, 11) is 0. The van der Waals surface area contributed by atoms with E-state index in [4.69, 9.17) is 0 Å². The molecule has 0 saturated heterocycles. The number of nitrogens with zero attached hydrogens (tertiary/aromatic N) is 1. The van der Waals surface area contributed by atoms with Crippen molar-refractivity contribution in [3.63, 3.8) is 0 Å². The SMILES string of the molecule is CCN(C/C=C/C#CC(C)(C)C)CCCC(=O)CC(O)c1cccc(-c2ccsc2)c1. The molecule has 0 bridgehead atoms. The Kier molecular flexibility index (Phi) is 10.2. The third kappa shape index (κ3) is 9.65. The van der Waals surface area contributed by atoms with Gasteiger partial charge in [-0.2, -0.15) is 11.3 Å². The lowest BCUT2D eigenvalue weighted by molar-refractivity contribution is -0.121. The van der Waals surface area contributed by atoms with Crippen LogP contribution in [-0.4, -0.2) is 35.4 Å². The van der Waals surface area contributed by atoms with Gasteiger partial charge in [0.15, 0.2) is 0 Å². The molecule has 0 fully saturated rings. The number of hydrogen-bond donors (Lipinski definition) is 1. The van der Waals surface area contributed by atoms with Crippen molar-refractivity contribution in [2.45, 2.75) is 53.1 Å². The van der Waals surface area contributed by atoms with E-state index in [2.05, 4.69) is 62.0 Å². The van der Waals surface area contributed by atoms with E-state index in [1.54, 1.807) is 11.3 Å². The number of aliphatic hydroxyl groups is 1. The van der Waals surface area contributed by atoms with Gasteiger partial charge < -0.3 is 5.11 Å². The molecule has 0 amide bonds. The monoisotopic (exact) mass is 437 g/mol. The second-order valence-corrected chi connectivity index (χ2v) is 9.59. The van der Waals surface area contributed by atoms with Gasteiger partial charge in [-0.15, -0.1) is 0 Å². The number of likely N-dealkylation sites (N-methyl/N-ethyl adjacent to an activating group) is 1. The topological polar surface area (TPSA) is 40.5 Å². The maximum atomic E-state index is 12.4. The van der Waals surface area contributed by atoms with E-state index < -0.39 is 6.10 Å². The first-order chi connectivity index (χ1) is 14.8. The molecule has 4 heteroatoms. The Bertz CT molecular complexity index is 897. The number of carbonyl (C=O) groups is 1. The van der Waals surface area contributed by atoms with Crippen molar-refractivity contribution in [3.8, 4) is 23.0 Å². The zero-order valence-corrected chi connectivity index (χ0v) is 20.0. The summed E-state index contributed by atoms with van der Waals surface area (Å²) in [5, 5.41) is 14.7. The second-order valence-electron chi connectivity index (χ2n) is 8.81. The largest absolute Gasteiger partial charge is 0.388 e. The molecular weight excluding hydrogens is 402 g/mol. The molecule has 0 spiro atoms. The first-order valence-electron chi connectivity index (χ1n) is 11.0. The van der Waals surface area contributed by atoms with Crippen LogP contribution < -0.4 is 0 Å². The molecule has 1 aromatic heterocycles. The molecule has 2 rings (SSSR count). The van der Waals surface area contributed by atoms with Crippen LogP contribution in [0.5, 0.6) is 0 Å². The summed E-state index contributed by atoms with van der Waals surface area (Å²) in [4.78, 5) is 14.7. The number of carbonyl (C=O) groups excluding carboxylic acids is 1. The first-order valence-corrected chi connectivity index (χ1v) is 11.9. The van der Waals surface area contributed by atoms with Gasteiger partial charge in [0.1, 0.15) is 5.78 Å². The zero-order valence-electron chi connectivity index (χ0n) is 19.2. The summed E-state index contributed by atoms with van der Waals surface area (Å²) in [6, 6.07) is 9.90. The fraction of sp³-hybridized carbons (Fsp3) is 0.444. The van der Waals surface area contributed by atoms with Crippen LogP contribution in [0.25, 0.3) is 11.1 Å². The maximum Gasteiger partial charge on any atom is 0.135 e. The Balaban J connectivity index is 1.76. The molecule has 31 heavy (non-hydrogen) atoms. The van der Waals surface area contributed by atoms with Gasteiger partial charge >= 0.3 is 0 Å². The molecule has 0 aliphatic carbocycles. The summed E-state index contributed by atoms with van der Waals surface area (Å²) < 4.78 is 0. The molecule has 2 aromatic rings. The average Bonchev–Trinajstić information content (AvgIpc) is 3.26. The Morgan fingerprint density at radius 1 is 1.26 bits per heavy atom. The van der Waals surface area contributed by atoms with E-state index in [1.807, 2.05) is 35.7 Å². The van der Waals surface area contributed by atoms with Crippen LogP contribution in [0.2, 0.25) is 0 Å². The summed E-state index contributed by atoms with van der Waals surface area (Å²) in [6.45, 7) is 11.1. The Labute approximate surface area is 191 Å². The van der Waals surface area contributed by atoms with Gasteiger partial charge in [0.25, 0.3) is 0 Å². The summed E-state index contributed by atoms with van der Waals surface area (Å²) in [5.41, 5.74) is 3.03. The molecule has 1 aromatic carbocycles. The highest BCUT2D eigenvalue weighted by Gasteiger charge is 2.14. The van der Waals surface area contributed by atoms with Gasteiger partial charge in [0.05, 0.1) is 6.10 Å². The highest BCUT2D eigenvalue weighted by atomic mass is 32.1. The van der Waals surface area contributed by atoms with E-state index >= 15 is 0 Å². The van der Waals surface area contributed by atoms with Crippen LogP contribution in [0.3, 0.4) is 0 Å². The lowest BCUT2D eigenvalue weighted by Crippen LogP contribution is -2.25. The third-order valence-electron chi connectivity index (χ3n) is 4.94. The fourth-order valence-corrected chi connectivity index (χ4v) is 3.85. The average molecular weight is 438 g/mol. The molecule has 1 N–H and O–H groups in total. The summed E-state index contributed by atoms with van der Waals surface area (Å²) in [5.74, 6) is 6.39. The number of rotatable bonds is 11. The van der Waals surface area contributed by atoms with Gasteiger partial charge in [0.2, 0.25) is 0 Å². The van der Waals surface area contributed by atoms with Crippen molar-refractivity contribution in [3.05, 3.63) is 58.8 Å². The number of hydrogen-bond acceptors (Lipinski definition) is 4. The van der Waals surface area contributed by atoms with E-state index in [0.29, 0.717) is 6.42 Å². The van der Waals surface area contributed by atoms with E-state index in [1.165, 1.54) is 0 Å². The van der Waals surface area contributed by atoms with Crippen molar-refractivity contribution in [1.82, 2.24) is 4.90 Å². The number of benzene rings is 1. The minimum absolute atomic E-state index is 0.0188. The number of aliphatic hydroxyl groups excluding tert-OH is 1. The predicted molar refractivity (Wildman–Crippen MR) is 132 cm³/mol. The smallest absolute Gasteiger partial charge is 0.135 e. The van der Waals surface area contributed by atoms with Gasteiger partial charge in [-0.1, -0.05) is 43.0 Å². The molecule has 1 unspecified atom stereocenters. The Morgan fingerprint density at radius 3 is 2.74 bits per heavy atom. The number of thiophene rings is 1. The van der Waals surface area contributed by atoms with Crippen molar-refractivity contribution in [2.75, 3.05) is 19.6 Å². The zero-order chi connectivity index (χ0) is 22.7. The van der Waals surface area contributed by atoms with E-state index in [-0.39, 0.29) is 17.6 Å². The standard InChI is InChI=1S/C27H35NO2S/c1-5-28(16-8-6-7-15-27(2,3)4)17-10-13-25(29)20-26(30)23-12-9-11-22(19-23)24-14-18-31-21-24/h6,8-9,11-12,14,18-19,21,26,30H,5,10,13,16-17,20H2,1-4H3/b8-6+. The number of ketones is 1. The van der Waals surface area contributed by atoms with Crippen molar-refractivity contribution in [2.24, 2.45) is 5.41 Å². The van der Waals surface area contributed by atoms with Gasteiger partial charge in [-0.25, -0.2) is 0 Å². The normalized spacial score (nSPS) is 12.7. The van der Waals surface area contributed by atoms with Gasteiger partial charge in [-0.3, -0.25) is 9.69 Å². The minimum Gasteiger partial charge on any atom is -0.388 e. The van der Waals surface area contributed by atoms with Crippen LogP contribution >= 0.6 is 11.3 Å². The lowest BCUT2D eigenvalue weighted by Gasteiger charge is -2.18. The minimum atomic E-state index is -0.752. The molecule has 0 aliphatic heterocycles. The van der Waals surface area contributed by atoms with Crippen LogP contribution in [0.15, 0.2) is 53.2 Å². The maximum absolute atomic E-state index is 12.4. The molecular formula is C27H35NO2S. The van der Waals surface area contributed by atoms with Crippen LogP contribution in [0, 0.1) is 17.3 Å². The molecule has 166 valence electrons. The predicted octanol–water partition coefficient (Wildman–Crippen LogP) is 6.12. The Morgan fingerprint density at radius 2 is 2.06 bits per heavy atom. The summed E-state index contributed by atoms with van der Waals surface area (Å²) >= 11 is 1.65. The van der Waals surface area contributed by atoms with Crippen molar-refractivity contribution < 1.29 is 9.90 Å². The quantitative estimate of drug-likeness (QED) is 0.431. The fourth-order valence-electron chi connectivity index (χ4n) is 3.19. The molecule has 0 aliphatic rings. The second kappa shape index (κ2) is 12.6. The molecule has 1 atom stereocenters. The van der Waals surface area contributed by atoms with Gasteiger partial charge in [-0.05, 0) is 85.9 Å². The van der Waals surface area contributed by atoms with Crippen molar-refractivity contribution in [1.29, 1.82) is 0 Å². The van der Waals surface area contributed by atoms with Gasteiger partial charge in [0, 0.05) is 24.8 Å².